The molecule has 0 bridgehead atoms. The Morgan fingerprint density at radius 1 is 1.25 bits per heavy atom. The van der Waals surface area contributed by atoms with Crippen molar-refractivity contribution in [2.24, 2.45) is 0 Å². The number of benzene rings is 1. The fraction of sp³-hybridized carbons (Fsp3) is 0.333. The molecule has 9 heteroatoms. The van der Waals surface area contributed by atoms with Gasteiger partial charge in [0, 0.05) is 17.7 Å². The molecule has 0 N–H and O–H groups in total. The van der Waals surface area contributed by atoms with Crippen LogP contribution in [0.1, 0.15) is 39.7 Å². The van der Waals surface area contributed by atoms with E-state index in [2.05, 4.69) is 5.16 Å². The zero-order valence-electron chi connectivity index (χ0n) is 12.4. The number of hydrogen-bond donors (Lipinski definition) is 0. The fourth-order valence-electron chi connectivity index (χ4n) is 2.63. The second-order valence-electron chi connectivity index (χ2n) is 5.67. The van der Waals surface area contributed by atoms with Gasteiger partial charge in [0.15, 0.2) is 21.3 Å². The molecule has 1 aromatic heterocycles. The predicted octanol–water partition coefficient (Wildman–Crippen LogP) is 2.82. The maximum Gasteiger partial charge on any atom is 0.422 e. The van der Waals surface area contributed by atoms with Gasteiger partial charge in [0.2, 0.25) is 5.78 Å². The fourth-order valence-corrected chi connectivity index (χ4v) is 3.91. The summed E-state index contributed by atoms with van der Waals surface area (Å²) in [6.07, 6.45) is -3.90. The Morgan fingerprint density at radius 2 is 1.88 bits per heavy atom. The first kappa shape index (κ1) is 16.7. The van der Waals surface area contributed by atoms with Crippen LogP contribution in [0.25, 0.3) is 0 Å². The van der Waals surface area contributed by atoms with Gasteiger partial charge in [-0.1, -0.05) is 35.5 Å². The summed E-state index contributed by atoms with van der Waals surface area (Å²) in [5.74, 6) is -2.44. The van der Waals surface area contributed by atoms with E-state index in [9.17, 15) is 26.4 Å². The van der Waals surface area contributed by atoms with Crippen molar-refractivity contribution in [2.45, 2.75) is 23.8 Å². The van der Waals surface area contributed by atoms with Gasteiger partial charge in [-0.2, -0.15) is 13.2 Å². The average molecular weight is 359 g/mol. The van der Waals surface area contributed by atoms with Gasteiger partial charge >= 0.3 is 6.18 Å². The molecule has 1 saturated carbocycles. The zero-order chi connectivity index (χ0) is 17.7. The van der Waals surface area contributed by atoms with Gasteiger partial charge in [0.25, 0.3) is 0 Å². The molecule has 3 rings (SSSR count). The van der Waals surface area contributed by atoms with E-state index in [4.69, 9.17) is 4.52 Å². The van der Waals surface area contributed by atoms with E-state index in [1.807, 2.05) is 0 Å². The number of rotatable bonds is 4. The van der Waals surface area contributed by atoms with Crippen molar-refractivity contribution >= 4 is 15.6 Å². The topological polar surface area (TPSA) is 77.2 Å². The smallest absolute Gasteiger partial charge is 0.360 e. The molecule has 1 aliphatic rings. The van der Waals surface area contributed by atoms with Gasteiger partial charge in [-0.15, -0.1) is 0 Å². The summed E-state index contributed by atoms with van der Waals surface area (Å²) < 4.78 is 68.0. The van der Waals surface area contributed by atoms with Gasteiger partial charge in [-0.25, -0.2) is 8.42 Å². The second kappa shape index (κ2) is 5.44. The highest BCUT2D eigenvalue weighted by atomic mass is 32.2. The molecule has 1 aliphatic carbocycles. The summed E-state index contributed by atoms with van der Waals surface area (Å²) in [4.78, 5) is 12.3. The Balaban J connectivity index is 2.05. The van der Waals surface area contributed by atoms with Crippen LogP contribution in [0.2, 0.25) is 0 Å². The molecule has 128 valence electrons. The van der Waals surface area contributed by atoms with E-state index in [0.717, 1.165) is 6.26 Å². The van der Waals surface area contributed by atoms with E-state index in [1.54, 1.807) is 6.07 Å². The number of hydrogen-bond acceptors (Lipinski definition) is 5. The Hall–Kier alpha value is -2.16. The van der Waals surface area contributed by atoms with Crippen molar-refractivity contribution in [1.82, 2.24) is 5.16 Å². The van der Waals surface area contributed by atoms with Crippen molar-refractivity contribution in [3.05, 3.63) is 52.9 Å². The lowest BCUT2D eigenvalue weighted by Gasteiger charge is -2.07. The molecule has 2 unspecified atom stereocenters. The van der Waals surface area contributed by atoms with Gasteiger partial charge in [0.05, 0.1) is 5.25 Å². The van der Waals surface area contributed by atoms with Crippen LogP contribution in [-0.4, -0.2) is 30.9 Å². The highest BCUT2D eigenvalue weighted by Crippen LogP contribution is 2.50. The van der Waals surface area contributed by atoms with Crippen molar-refractivity contribution in [3.8, 4) is 0 Å². The maximum atomic E-state index is 13.4. The summed E-state index contributed by atoms with van der Waals surface area (Å²) in [7, 11) is -3.49. The number of carbonyl (C=O) groups excluding carboxylic acids is 1. The molecule has 5 nitrogen and oxygen atoms in total. The first-order chi connectivity index (χ1) is 11.1. The van der Waals surface area contributed by atoms with Gasteiger partial charge in [-0.3, -0.25) is 4.79 Å². The summed E-state index contributed by atoms with van der Waals surface area (Å²) in [6.45, 7) is 0. The summed E-state index contributed by atoms with van der Waals surface area (Å²) in [5.41, 5.74) is -2.09. The second-order valence-corrected chi connectivity index (χ2v) is 7.94. The Kier molecular flexibility index (Phi) is 3.78. The predicted molar refractivity (Wildman–Crippen MR) is 77.4 cm³/mol. The summed E-state index contributed by atoms with van der Waals surface area (Å²) >= 11 is 0. The van der Waals surface area contributed by atoms with E-state index in [-0.39, 0.29) is 12.0 Å². The van der Waals surface area contributed by atoms with Gasteiger partial charge in [-0.05, 0) is 6.42 Å². The highest BCUT2D eigenvalue weighted by Gasteiger charge is 2.54. The SMILES string of the molecule is CS(=O)(=O)C1CC1c1onc(C(=O)c2ccccc2)c1C(F)(F)F. The van der Waals surface area contributed by atoms with Crippen LogP contribution in [0.15, 0.2) is 34.9 Å². The highest BCUT2D eigenvalue weighted by molar-refractivity contribution is 7.91. The Bertz CT molecular complexity index is 887. The third-order valence-corrected chi connectivity index (χ3v) is 5.49. The molecule has 1 aromatic carbocycles. The monoisotopic (exact) mass is 359 g/mol. The first-order valence-electron chi connectivity index (χ1n) is 6.96. The normalized spacial score (nSPS) is 20.8. The number of carbonyl (C=O) groups is 1. The minimum atomic E-state index is -4.88. The average Bonchev–Trinajstić information content (AvgIpc) is 3.18. The number of ketones is 1. The molecular formula is C15H12F3NO4S. The molecule has 0 amide bonds. The number of sulfone groups is 1. The van der Waals surface area contributed by atoms with Crippen LogP contribution in [0.3, 0.4) is 0 Å². The van der Waals surface area contributed by atoms with E-state index in [0.29, 0.717) is 0 Å². The lowest BCUT2D eigenvalue weighted by molar-refractivity contribution is -0.139. The van der Waals surface area contributed by atoms with Crippen LogP contribution in [0, 0.1) is 0 Å². The zero-order valence-corrected chi connectivity index (χ0v) is 13.2. The van der Waals surface area contributed by atoms with Crippen molar-refractivity contribution in [3.63, 3.8) is 0 Å². The molecule has 2 atom stereocenters. The summed E-state index contributed by atoms with van der Waals surface area (Å²) in [6, 6.07) is 7.39. The van der Waals surface area contributed by atoms with Crippen molar-refractivity contribution in [2.75, 3.05) is 6.26 Å². The van der Waals surface area contributed by atoms with Crippen LogP contribution >= 0.6 is 0 Å². The third kappa shape index (κ3) is 2.95. The van der Waals surface area contributed by atoms with E-state index in [1.165, 1.54) is 24.3 Å². The van der Waals surface area contributed by atoms with Gasteiger partial charge < -0.3 is 4.52 Å². The standard InChI is InChI=1S/C15H12F3NO4S/c1-24(21,22)10-7-9(10)14-11(15(16,17)18)12(19-23-14)13(20)8-5-3-2-4-6-8/h2-6,9-10H,7H2,1H3. The van der Waals surface area contributed by atoms with Crippen molar-refractivity contribution in [1.29, 1.82) is 0 Å². The number of alkyl halides is 3. The summed E-state index contributed by atoms with van der Waals surface area (Å²) in [5, 5.41) is 2.36. The van der Waals surface area contributed by atoms with Crippen LogP contribution < -0.4 is 0 Å². The minimum Gasteiger partial charge on any atom is -0.360 e. The van der Waals surface area contributed by atoms with Crippen molar-refractivity contribution < 1.29 is 30.9 Å². The quantitative estimate of drug-likeness (QED) is 0.785. The molecule has 1 heterocycles. The third-order valence-electron chi connectivity index (χ3n) is 3.87. The lowest BCUT2D eigenvalue weighted by Crippen LogP contribution is -2.15. The number of aromatic nitrogens is 1. The molecule has 0 aliphatic heterocycles. The molecule has 0 spiro atoms. The number of nitrogens with zero attached hydrogens (tertiary/aromatic N) is 1. The molecule has 0 radical (unpaired) electrons. The maximum absolute atomic E-state index is 13.4. The lowest BCUT2D eigenvalue weighted by atomic mass is 10.0. The minimum absolute atomic E-state index is 0.0239. The largest absolute Gasteiger partial charge is 0.422 e. The van der Waals surface area contributed by atoms with Crippen LogP contribution in [-0.2, 0) is 16.0 Å². The van der Waals surface area contributed by atoms with Crippen LogP contribution in [0.4, 0.5) is 13.2 Å². The number of halogens is 3. The first-order valence-corrected chi connectivity index (χ1v) is 8.91. The van der Waals surface area contributed by atoms with E-state index >= 15 is 0 Å². The molecule has 2 aromatic rings. The van der Waals surface area contributed by atoms with Gasteiger partial charge in [0.1, 0.15) is 5.56 Å². The molecule has 0 saturated heterocycles. The molecule has 24 heavy (non-hydrogen) atoms. The van der Waals surface area contributed by atoms with E-state index < -0.39 is 50.0 Å². The molecular weight excluding hydrogens is 347 g/mol. The molecule has 1 fully saturated rings. The van der Waals surface area contributed by atoms with Crippen LogP contribution in [0.5, 0.6) is 0 Å². The Labute approximate surface area is 135 Å². The Morgan fingerprint density at radius 3 is 2.38 bits per heavy atom.